The quantitative estimate of drug-likeness (QED) is 0.767. The van der Waals surface area contributed by atoms with E-state index in [0.717, 1.165) is 36.3 Å². The average molecular weight is 259 g/mol. The summed E-state index contributed by atoms with van der Waals surface area (Å²) < 4.78 is 0. The number of hydrogen-bond donors (Lipinski definition) is 2. The summed E-state index contributed by atoms with van der Waals surface area (Å²) in [5.41, 5.74) is 1.09. The van der Waals surface area contributed by atoms with Crippen LogP contribution in [0.2, 0.25) is 10.0 Å². The van der Waals surface area contributed by atoms with E-state index in [1.165, 1.54) is 12.8 Å². The molecule has 0 heterocycles. The molecule has 0 atom stereocenters. The van der Waals surface area contributed by atoms with E-state index < -0.39 is 0 Å². The molecule has 4 heteroatoms. The van der Waals surface area contributed by atoms with Crippen LogP contribution < -0.4 is 10.6 Å². The topological polar surface area (TPSA) is 24.1 Å². The minimum absolute atomic E-state index is 0.684. The predicted molar refractivity (Wildman–Crippen MR) is 69.2 cm³/mol. The first-order chi connectivity index (χ1) is 7.75. The Balaban J connectivity index is 1.67. The summed E-state index contributed by atoms with van der Waals surface area (Å²) in [6.07, 6.45) is 2.67. The third-order valence-corrected chi connectivity index (χ3v) is 3.23. The first-order valence-corrected chi connectivity index (χ1v) is 6.39. The van der Waals surface area contributed by atoms with Crippen molar-refractivity contribution >= 4 is 23.2 Å². The molecule has 1 aromatic rings. The van der Waals surface area contributed by atoms with Crippen molar-refractivity contribution in [2.75, 3.05) is 13.1 Å². The Hall–Kier alpha value is -0.280. The van der Waals surface area contributed by atoms with E-state index in [0.29, 0.717) is 5.02 Å². The molecular weight excluding hydrogens is 243 g/mol. The molecule has 0 spiro atoms. The molecule has 0 saturated heterocycles. The Morgan fingerprint density at radius 3 is 2.69 bits per heavy atom. The first kappa shape index (κ1) is 12.2. The molecule has 1 saturated carbocycles. The van der Waals surface area contributed by atoms with Crippen LogP contribution in [0.15, 0.2) is 18.2 Å². The molecule has 2 N–H and O–H groups in total. The largest absolute Gasteiger partial charge is 0.313 e. The normalized spacial score (nSPS) is 15.4. The fraction of sp³-hybridized carbons (Fsp3) is 0.500. The van der Waals surface area contributed by atoms with E-state index in [1.54, 1.807) is 6.07 Å². The van der Waals surface area contributed by atoms with Gasteiger partial charge < -0.3 is 10.6 Å². The monoisotopic (exact) mass is 258 g/mol. The zero-order chi connectivity index (χ0) is 11.4. The van der Waals surface area contributed by atoms with Gasteiger partial charge in [0.25, 0.3) is 0 Å². The van der Waals surface area contributed by atoms with Crippen LogP contribution >= 0.6 is 23.2 Å². The lowest BCUT2D eigenvalue weighted by molar-refractivity contribution is 0.609. The van der Waals surface area contributed by atoms with Gasteiger partial charge in [-0.05, 0) is 30.5 Å². The van der Waals surface area contributed by atoms with Gasteiger partial charge in [-0.15, -0.1) is 0 Å². The number of rotatable bonds is 6. The third kappa shape index (κ3) is 3.95. The highest BCUT2D eigenvalue weighted by molar-refractivity contribution is 6.35. The van der Waals surface area contributed by atoms with Crippen LogP contribution in [0.1, 0.15) is 18.4 Å². The van der Waals surface area contributed by atoms with Gasteiger partial charge in [0, 0.05) is 35.7 Å². The number of hydrogen-bond acceptors (Lipinski definition) is 2. The highest BCUT2D eigenvalue weighted by atomic mass is 35.5. The summed E-state index contributed by atoms with van der Waals surface area (Å²) >= 11 is 11.9. The number of nitrogens with one attached hydrogen (secondary N) is 2. The fourth-order valence-corrected chi connectivity index (χ4v) is 2.02. The van der Waals surface area contributed by atoms with E-state index >= 15 is 0 Å². The van der Waals surface area contributed by atoms with Crippen LogP contribution in [0.5, 0.6) is 0 Å². The lowest BCUT2D eigenvalue weighted by atomic mass is 10.2. The van der Waals surface area contributed by atoms with Crippen molar-refractivity contribution < 1.29 is 0 Å². The first-order valence-electron chi connectivity index (χ1n) is 5.64. The SMILES string of the molecule is Clc1ccc(CNCCNC2CC2)c(Cl)c1. The van der Waals surface area contributed by atoms with Crippen molar-refractivity contribution in [1.82, 2.24) is 10.6 Å². The molecule has 0 radical (unpaired) electrons. The molecule has 0 amide bonds. The molecule has 1 aliphatic carbocycles. The molecule has 88 valence electrons. The number of halogens is 2. The smallest absolute Gasteiger partial charge is 0.0465 e. The van der Waals surface area contributed by atoms with Crippen LogP contribution in [-0.2, 0) is 6.54 Å². The zero-order valence-electron chi connectivity index (χ0n) is 9.10. The minimum Gasteiger partial charge on any atom is -0.313 e. The Morgan fingerprint density at radius 1 is 1.19 bits per heavy atom. The Labute approximate surface area is 106 Å². The predicted octanol–water partition coefficient (Wildman–Crippen LogP) is 2.84. The summed E-state index contributed by atoms with van der Waals surface area (Å²) in [7, 11) is 0. The summed E-state index contributed by atoms with van der Waals surface area (Å²) in [5, 5.41) is 8.22. The van der Waals surface area contributed by atoms with E-state index in [-0.39, 0.29) is 0 Å². The van der Waals surface area contributed by atoms with Gasteiger partial charge in [-0.25, -0.2) is 0 Å². The lowest BCUT2D eigenvalue weighted by Crippen LogP contribution is -2.28. The zero-order valence-corrected chi connectivity index (χ0v) is 10.6. The fourth-order valence-electron chi connectivity index (χ4n) is 1.54. The van der Waals surface area contributed by atoms with Gasteiger partial charge >= 0.3 is 0 Å². The van der Waals surface area contributed by atoms with Crippen LogP contribution in [-0.4, -0.2) is 19.1 Å². The van der Waals surface area contributed by atoms with Gasteiger partial charge in [-0.2, -0.15) is 0 Å². The van der Waals surface area contributed by atoms with E-state index in [4.69, 9.17) is 23.2 Å². The highest BCUT2D eigenvalue weighted by Crippen LogP contribution is 2.20. The van der Waals surface area contributed by atoms with Crippen LogP contribution in [0.3, 0.4) is 0 Å². The Morgan fingerprint density at radius 2 is 2.00 bits per heavy atom. The summed E-state index contributed by atoms with van der Waals surface area (Å²) in [4.78, 5) is 0. The molecular formula is C12H16Cl2N2. The van der Waals surface area contributed by atoms with E-state index in [1.807, 2.05) is 12.1 Å². The molecule has 0 aliphatic heterocycles. The lowest BCUT2D eigenvalue weighted by Gasteiger charge is -2.07. The van der Waals surface area contributed by atoms with E-state index in [2.05, 4.69) is 10.6 Å². The standard InChI is InChI=1S/C12H16Cl2N2/c13-10-2-1-9(12(14)7-10)8-15-5-6-16-11-3-4-11/h1-2,7,11,15-16H,3-6,8H2. The minimum atomic E-state index is 0.684. The van der Waals surface area contributed by atoms with Gasteiger partial charge in [0.2, 0.25) is 0 Å². The second-order valence-electron chi connectivity index (χ2n) is 4.14. The molecule has 0 aromatic heterocycles. The molecule has 1 aliphatic rings. The van der Waals surface area contributed by atoms with Crippen molar-refractivity contribution in [3.63, 3.8) is 0 Å². The van der Waals surface area contributed by atoms with Crippen LogP contribution in [0.25, 0.3) is 0 Å². The van der Waals surface area contributed by atoms with Gasteiger partial charge in [0.05, 0.1) is 0 Å². The molecule has 2 rings (SSSR count). The summed E-state index contributed by atoms with van der Waals surface area (Å²) in [6.45, 7) is 2.79. The molecule has 1 aromatic carbocycles. The van der Waals surface area contributed by atoms with Crippen molar-refractivity contribution in [3.8, 4) is 0 Å². The van der Waals surface area contributed by atoms with Crippen LogP contribution in [0.4, 0.5) is 0 Å². The Bertz CT molecular complexity index is 351. The summed E-state index contributed by atoms with van der Waals surface area (Å²) in [6, 6.07) is 6.39. The summed E-state index contributed by atoms with van der Waals surface area (Å²) in [5.74, 6) is 0. The van der Waals surface area contributed by atoms with Gasteiger partial charge in [0.1, 0.15) is 0 Å². The third-order valence-electron chi connectivity index (χ3n) is 2.64. The second-order valence-corrected chi connectivity index (χ2v) is 4.98. The van der Waals surface area contributed by atoms with Gasteiger partial charge in [-0.1, -0.05) is 29.3 Å². The number of benzene rings is 1. The Kier molecular flexibility index (Phi) is 4.47. The molecule has 0 bridgehead atoms. The molecule has 1 fully saturated rings. The molecule has 2 nitrogen and oxygen atoms in total. The van der Waals surface area contributed by atoms with Crippen LogP contribution in [0, 0.1) is 0 Å². The van der Waals surface area contributed by atoms with Gasteiger partial charge in [0.15, 0.2) is 0 Å². The van der Waals surface area contributed by atoms with Crippen molar-refractivity contribution in [2.45, 2.75) is 25.4 Å². The van der Waals surface area contributed by atoms with Crippen molar-refractivity contribution in [3.05, 3.63) is 33.8 Å². The molecule has 16 heavy (non-hydrogen) atoms. The highest BCUT2D eigenvalue weighted by Gasteiger charge is 2.19. The maximum atomic E-state index is 6.06. The van der Waals surface area contributed by atoms with Crippen molar-refractivity contribution in [1.29, 1.82) is 0 Å². The second kappa shape index (κ2) is 5.87. The molecule has 0 unspecified atom stereocenters. The average Bonchev–Trinajstić information content (AvgIpc) is 3.04. The van der Waals surface area contributed by atoms with E-state index in [9.17, 15) is 0 Å². The maximum Gasteiger partial charge on any atom is 0.0465 e. The maximum absolute atomic E-state index is 6.06. The van der Waals surface area contributed by atoms with Gasteiger partial charge in [-0.3, -0.25) is 0 Å². The van der Waals surface area contributed by atoms with Crippen molar-refractivity contribution in [2.24, 2.45) is 0 Å².